The maximum atomic E-state index is 9.91. The van der Waals surface area contributed by atoms with Crippen molar-refractivity contribution in [1.82, 2.24) is 0 Å². The molecule has 0 spiro atoms. The summed E-state index contributed by atoms with van der Waals surface area (Å²) in [5.74, 6) is 0. The van der Waals surface area contributed by atoms with E-state index in [0.717, 1.165) is 6.42 Å². The van der Waals surface area contributed by atoms with E-state index in [1.54, 1.807) is 0 Å². The third kappa shape index (κ3) is 4.19. The van der Waals surface area contributed by atoms with Gasteiger partial charge in [0.05, 0.1) is 6.10 Å². The fourth-order valence-corrected chi connectivity index (χ4v) is 8.88. The topological polar surface area (TPSA) is 29.5 Å². The molecule has 0 unspecified atom stereocenters. The Labute approximate surface area is 127 Å². The van der Waals surface area contributed by atoms with Crippen LogP contribution in [0.5, 0.6) is 0 Å². The van der Waals surface area contributed by atoms with Gasteiger partial charge >= 0.3 is 0 Å². The second-order valence-electron chi connectivity index (χ2n) is 7.30. The molecule has 2 nitrogen and oxygen atoms in total. The summed E-state index contributed by atoms with van der Waals surface area (Å²) in [7, 11) is -1.79. The van der Waals surface area contributed by atoms with Gasteiger partial charge in [0.2, 0.25) is 0 Å². The Morgan fingerprint density at radius 2 is 1.45 bits per heavy atom. The first-order valence-electron chi connectivity index (χ1n) is 8.00. The summed E-state index contributed by atoms with van der Waals surface area (Å²) in [6, 6.07) is 0. The van der Waals surface area contributed by atoms with Crippen LogP contribution in [0.25, 0.3) is 0 Å². The van der Waals surface area contributed by atoms with E-state index < -0.39 is 14.4 Å². The van der Waals surface area contributed by atoms with Gasteiger partial charge in [0.1, 0.15) is 0 Å². The largest absolute Gasteiger partial charge is 0.416 e. The van der Waals surface area contributed by atoms with E-state index in [0.29, 0.717) is 23.2 Å². The molecule has 0 aliphatic carbocycles. The molecule has 0 amide bonds. The molecule has 0 aliphatic heterocycles. The van der Waals surface area contributed by atoms with E-state index in [-0.39, 0.29) is 5.41 Å². The molecule has 0 bridgehead atoms. The summed E-state index contributed by atoms with van der Waals surface area (Å²) in [5, 5.41) is 9.91. The Balaban J connectivity index is 4.93. The normalized spacial score (nSPS) is 17.6. The smallest absolute Gasteiger partial charge is 0.200 e. The number of aliphatic hydroxyl groups is 1. The van der Waals surface area contributed by atoms with Gasteiger partial charge < -0.3 is 9.53 Å². The van der Waals surface area contributed by atoms with Gasteiger partial charge in [-0.1, -0.05) is 54.5 Å². The standard InChI is InChI=1S/C17H36O2Si/c1-10-17(9,16(8)18)11-12-19-20(13(2)3,14(4)5)15(6)7/h10,13-16,18H,1,11-12H2,2-9H3/t16-,17-/m0/s1. The Bertz CT molecular complexity index is 276. The lowest BCUT2D eigenvalue weighted by atomic mass is 9.82. The first-order valence-corrected chi connectivity index (χ1v) is 10.1. The monoisotopic (exact) mass is 300 g/mol. The number of aliphatic hydroxyl groups excluding tert-OH is 1. The lowest BCUT2D eigenvalue weighted by Gasteiger charge is -2.43. The average molecular weight is 301 g/mol. The van der Waals surface area contributed by atoms with Crippen LogP contribution in [0, 0.1) is 5.41 Å². The first-order chi connectivity index (χ1) is 9.04. The molecular formula is C17H36O2Si. The molecular weight excluding hydrogens is 264 g/mol. The van der Waals surface area contributed by atoms with Crippen LogP contribution in [-0.4, -0.2) is 26.1 Å². The van der Waals surface area contributed by atoms with Gasteiger partial charge in [-0.05, 0) is 30.0 Å². The van der Waals surface area contributed by atoms with Crippen LogP contribution in [0.2, 0.25) is 16.6 Å². The van der Waals surface area contributed by atoms with Crippen molar-refractivity contribution in [3.05, 3.63) is 12.7 Å². The van der Waals surface area contributed by atoms with Gasteiger partial charge in [0, 0.05) is 12.0 Å². The molecule has 120 valence electrons. The van der Waals surface area contributed by atoms with E-state index in [1.165, 1.54) is 0 Å². The van der Waals surface area contributed by atoms with Crippen molar-refractivity contribution in [1.29, 1.82) is 0 Å². The molecule has 0 radical (unpaired) electrons. The highest BCUT2D eigenvalue weighted by Gasteiger charge is 2.45. The summed E-state index contributed by atoms with van der Waals surface area (Å²) in [4.78, 5) is 0. The zero-order valence-corrected chi connectivity index (χ0v) is 15.9. The lowest BCUT2D eigenvalue weighted by molar-refractivity contribution is 0.0672. The molecule has 0 heterocycles. The molecule has 0 aromatic rings. The summed E-state index contributed by atoms with van der Waals surface area (Å²) < 4.78 is 6.54. The molecule has 1 N–H and O–H groups in total. The van der Waals surface area contributed by atoms with Crippen LogP contribution in [0.4, 0.5) is 0 Å². The Hall–Kier alpha value is -0.123. The van der Waals surface area contributed by atoms with Gasteiger partial charge in [0.15, 0.2) is 8.32 Å². The molecule has 20 heavy (non-hydrogen) atoms. The van der Waals surface area contributed by atoms with Crippen LogP contribution in [0.15, 0.2) is 12.7 Å². The maximum Gasteiger partial charge on any atom is 0.200 e. The third-order valence-corrected chi connectivity index (χ3v) is 11.2. The van der Waals surface area contributed by atoms with Crippen molar-refractivity contribution < 1.29 is 9.53 Å². The van der Waals surface area contributed by atoms with Crippen molar-refractivity contribution in [2.45, 2.75) is 84.5 Å². The van der Waals surface area contributed by atoms with Crippen LogP contribution >= 0.6 is 0 Å². The predicted octanol–water partition coefficient (Wildman–Crippen LogP) is 5.14. The van der Waals surface area contributed by atoms with Gasteiger partial charge in [-0.25, -0.2) is 0 Å². The SMILES string of the molecule is C=C[C@@](C)(CCO[Si](C(C)C)(C(C)C)C(C)C)[C@H](C)O. The van der Waals surface area contributed by atoms with Gasteiger partial charge in [-0.2, -0.15) is 0 Å². The van der Waals surface area contributed by atoms with E-state index in [4.69, 9.17) is 4.43 Å². The van der Waals surface area contributed by atoms with Crippen molar-refractivity contribution >= 4 is 8.32 Å². The van der Waals surface area contributed by atoms with Gasteiger partial charge in [-0.3, -0.25) is 0 Å². The summed E-state index contributed by atoms with van der Waals surface area (Å²) in [5.41, 5.74) is 1.54. The van der Waals surface area contributed by atoms with Crippen LogP contribution < -0.4 is 0 Å². The highest BCUT2D eigenvalue weighted by molar-refractivity contribution is 6.77. The van der Waals surface area contributed by atoms with Crippen LogP contribution in [0.3, 0.4) is 0 Å². The Morgan fingerprint density at radius 1 is 1.05 bits per heavy atom. The zero-order valence-electron chi connectivity index (χ0n) is 14.9. The molecule has 0 saturated carbocycles. The van der Waals surface area contributed by atoms with Gasteiger partial charge in [0.25, 0.3) is 0 Å². The second kappa shape index (κ2) is 7.76. The molecule has 0 rings (SSSR count). The quantitative estimate of drug-likeness (QED) is 0.472. The number of hydrogen-bond acceptors (Lipinski definition) is 2. The fraction of sp³-hybridized carbons (Fsp3) is 0.882. The number of hydrogen-bond donors (Lipinski definition) is 1. The van der Waals surface area contributed by atoms with E-state index >= 15 is 0 Å². The van der Waals surface area contributed by atoms with E-state index in [9.17, 15) is 5.11 Å². The summed E-state index contributed by atoms with van der Waals surface area (Å²) in [6.07, 6.45) is 2.30. The minimum absolute atomic E-state index is 0.259. The van der Waals surface area contributed by atoms with Crippen molar-refractivity contribution in [2.24, 2.45) is 5.41 Å². The summed E-state index contributed by atoms with van der Waals surface area (Å²) in [6.45, 7) is 22.3. The fourth-order valence-electron chi connectivity index (χ4n) is 3.43. The highest BCUT2D eigenvalue weighted by atomic mass is 28.4. The highest BCUT2D eigenvalue weighted by Crippen LogP contribution is 2.42. The second-order valence-corrected chi connectivity index (χ2v) is 12.8. The number of rotatable bonds is 9. The lowest BCUT2D eigenvalue weighted by Crippen LogP contribution is -2.48. The minimum atomic E-state index is -1.79. The summed E-state index contributed by atoms with van der Waals surface area (Å²) >= 11 is 0. The minimum Gasteiger partial charge on any atom is -0.416 e. The van der Waals surface area contributed by atoms with Crippen LogP contribution in [-0.2, 0) is 4.43 Å². The van der Waals surface area contributed by atoms with E-state index in [1.807, 2.05) is 13.0 Å². The Morgan fingerprint density at radius 3 is 1.70 bits per heavy atom. The van der Waals surface area contributed by atoms with Crippen LogP contribution in [0.1, 0.15) is 61.8 Å². The Kier molecular flexibility index (Phi) is 7.72. The molecule has 0 aromatic carbocycles. The molecule has 0 saturated heterocycles. The molecule has 0 fully saturated rings. The molecule has 0 aliphatic rings. The first kappa shape index (κ1) is 19.9. The van der Waals surface area contributed by atoms with Crippen molar-refractivity contribution in [2.75, 3.05) is 6.61 Å². The maximum absolute atomic E-state index is 9.91. The molecule has 3 heteroatoms. The predicted molar refractivity (Wildman–Crippen MR) is 91.6 cm³/mol. The zero-order chi connectivity index (χ0) is 16.1. The third-order valence-electron chi connectivity index (χ3n) is 5.12. The average Bonchev–Trinajstić information content (AvgIpc) is 2.32. The molecule has 2 atom stereocenters. The van der Waals surface area contributed by atoms with Gasteiger partial charge in [-0.15, -0.1) is 6.58 Å². The van der Waals surface area contributed by atoms with E-state index in [2.05, 4.69) is 55.0 Å². The van der Waals surface area contributed by atoms with Crippen molar-refractivity contribution in [3.63, 3.8) is 0 Å². The van der Waals surface area contributed by atoms with Crippen molar-refractivity contribution in [3.8, 4) is 0 Å². The molecule has 0 aromatic heterocycles.